The van der Waals surface area contributed by atoms with E-state index in [2.05, 4.69) is 4.98 Å². The molecule has 1 heterocycles. The number of nitrogens with two attached hydrogens (primary N) is 1. The Balaban J connectivity index is 2.88. The molecule has 4 heteroatoms. The number of nitriles is 1. The highest BCUT2D eigenvalue weighted by Crippen LogP contribution is 2.19. The molecule has 0 aliphatic carbocycles. The molecule has 1 atom stereocenters. The van der Waals surface area contributed by atoms with Crippen molar-refractivity contribution in [2.45, 2.75) is 12.5 Å². The van der Waals surface area contributed by atoms with Gasteiger partial charge in [0.2, 0.25) is 0 Å². The molecule has 0 aromatic carbocycles. The number of halogens is 1. The average molecular weight is 182 g/mol. The van der Waals surface area contributed by atoms with E-state index in [4.69, 9.17) is 22.6 Å². The Morgan fingerprint density at radius 2 is 2.50 bits per heavy atom. The van der Waals surface area contributed by atoms with Crippen LogP contribution in [0.2, 0.25) is 5.02 Å². The number of hydrogen-bond acceptors (Lipinski definition) is 3. The monoisotopic (exact) mass is 181 g/mol. The van der Waals surface area contributed by atoms with E-state index in [1.807, 2.05) is 6.07 Å². The fourth-order valence-corrected chi connectivity index (χ4v) is 1.13. The maximum atomic E-state index is 8.39. The summed E-state index contributed by atoms with van der Waals surface area (Å²) >= 11 is 5.80. The van der Waals surface area contributed by atoms with Gasteiger partial charge in [-0.2, -0.15) is 5.26 Å². The third-order valence-electron chi connectivity index (χ3n) is 1.45. The van der Waals surface area contributed by atoms with Gasteiger partial charge in [-0.3, -0.25) is 4.98 Å². The minimum absolute atomic E-state index is 0.233. The Morgan fingerprint density at radius 1 is 1.75 bits per heavy atom. The van der Waals surface area contributed by atoms with E-state index in [0.717, 1.165) is 0 Å². The number of pyridine rings is 1. The summed E-state index contributed by atoms with van der Waals surface area (Å²) in [6, 6.07) is 5.02. The molecule has 0 aliphatic heterocycles. The summed E-state index contributed by atoms with van der Waals surface area (Å²) in [6.07, 6.45) is 1.84. The molecule has 1 rings (SSSR count). The standard InChI is InChI=1S/C8H8ClN3/c9-6-2-1-5-12-8(6)7(11)3-4-10/h1-2,5,7H,3,11H2/t7-/m0/s1. The first-order chi connectivity index (χ1) is 5.75. The highest BCUT2D eigenvalue weighted by molar-refractivity contribution is 6.31. The fraction of sp³-hybridized carbons (Fsp3) is 0.250. The maximum absolute atomic E-state index is 8.39. The summed E-state index contributed by atoms with van der Waals surface area (Å²) in [7, 11) is 0. The van der Waals surface area contributed by atoms with Gasteiger partial charge in [0.1, 0.15) is 0 Å². The normalized spacial score (nSPS) is 12.1. The smallest absolute Gasteiger partial charge is 0.0767 e. The summed E-state index contributed by atoms with van der Waals surface area (Å²) in [5.41, 5.74) is 6.22. The third kappa shape index (κ3) is 1.94. The molecule has 0 aliphatic rings. The highest BCUT2D eigenvalue weighted by atomic mass is 35.5. The van der Waals surface area contributed by atoms with Crippen LogP contribution in [0, 0.1) is 11.3 Å². The lowest BCUT2D eigenvalue weighted by molar-refractivity contribution is 0.720. The molecular weight excluding hydrogens is 174 g/mol. The van der Waals surface area contributed by atoms with E-state index in [1.165, 1.54) is 0 Å². The SMILES string of the molecule is N#CC[C@H](N)c1ncccc1Cl. The molecular formula is C8H8ClN3. The molecule has 3 nitrogen and oxygen atoms in total. The first-order valence-corrected chi connectivity index (χ1v) is 3.86. The Labute approximate surface area is 75.8 Å². The molecule has 2 N–H and O–H groups in total. The van der Waals surface area contributed by atoms with Crippen LogP contribution in [-0.2, 0) is 0 Å². The van der Waals surface area contributed by atoms with Crippen LogP contribution in [-0.4, -0.2) is 4.98 Å². The van der Waals surface area contributed by atoms with Crippen molar-refractivity contribution in [3.05, 3.63) is 29.0 Å². The molecule has 0 amide bonds. The molecule has 0 saturated heterocycles. The Kier molecular flexibility index (Phi) is 3.03. The van der Waals surface area contributed by atoms with Crippen molar-refractivity contribution in [3.63, 3.8) is 0 Å². The predicted octanol–water partition coefficient (Wildman–Crippen LogP) is 1.65. The van der Waals surface area contributed by atoms with Crippen LogP contribution in [0.1, 0.15) is 18.2 Å². The maximum Gasteiger partial charge on any atom is 0.0767 e. The molecule has 0 radical (unpaired) electrons. The van der Waals surface area contributed by atoms with Gasteiger partial charge in [-0.25, -0.2) is 0 Å². The van der Waals surface area contributed by atoms with Gasteiger partial charge in [0.15, 0.2) is 0 Å². The van der Waals surface area contributed by atoms with Gasteiger partial charge >= 0.3 is 0 Å². The quantitative estimate of drug-likeness (QED) is 0.755. The van der Waals surface area contributed by atoms with Gasteiger partial charge in [-0.15, -0.1) is 0 Å². The lowest BCUT2D eigenvalue weighted by atomic mass is 10.1. The molecule has 62 valence electrons. The second-order valence-corrected chi connectivity index (χ2v) is 2.75. The second-order valence-electron chi connectivity index (χ2n) is 2.34. The van der Waals surface area contributed by atoms with Crippen LogP contribution in [0.5, 0.6) is 0 Å². The minimum Gasteiger partial charge on any atom is -0.322 e. The predicted molar refractivity (Wildman–Crippen MR) is 46.4 cm³/mol. The number of aromatic nitrogens is 1. The molecule has 0 unspecified atom stereocenters. The summed E-state index contributed by atoms with van der Waals surface area (Å²) < 4.78 is 0. The molecule has 0 spiro atoms. The van der Waals surface area contributed by atoms with Gasteiger partial charge in [0.05, 0.1) is 29.2 Å². The summed E-state index contributed by atoms with van der Waals surface area (Å²) in [6.45, 7) is 0. The van der Waals surface area contributed by atoms with Crippen LogP contribution in [0.4, 0.5) is 0 Å². The van der Waals surface area contributed by atoms with E-state index in [1.54, 1.807) is 18.3 Å². The van der Waals surface area contributed by atoms with Crippen LogP contribution in [0.25, 0.3) is 0 Å². The van der Waals surface area contributed by atoms with Crippen molar-refractivity contribution >= 4 is 11.6 Å². The first kappa shape index (κ1) is 8.98. The molecule has 12 heavy (non-hydrogen) atoms. The van der Waals surface area contributed by atoms with Crippen LogP contribution >= 0.6 is 11.6 Å². The molecule has 1 aromatic heterocycles. The van der Waals surface area contributed by atoms with E-state index in [0.29, 0.717) is 10.7 Å². The van der Waals surface area contributed by atoms with Crippen molar-refractivity contribution < 1.29 is 0 Å². The average Bonchev–Trinajstić information content (AvgIpc) is 2.05. The third-order valence-corrected chi connectivity index (χ3v) is 1.77. The summed E-state index contributed by atoms with van der Waals surface area (Å²) in [5.74, 6) is 0. The van der Waals surface area contributed by atoms with Gasteiger partial charge in [-0.1, -0.05) is 11.6 Å². The zero-order valence-electron chi connectivity index (χ0n) is 6.37. The lowest BCUT2D eigenvalue weighted by Gasteiger charge is -2.07. The molecule has 0 fully saturated rings. The van der Waals surface area contributed by atoms with Crippen LogP contribution in [0.3, 0.4) is 0 Å². The van der Waals surface area contributed by atoms with Gasteiger partial charge in [0.25, 0.3) is 0 Å². The van der Waals surface area contributed by atoms with Gasteiger partial charge < -0.3 is 5.73 Å². The number of hydrogen-bond donors (Lipinski definition) is 1. The zero-order valence-corrected chi connectivity index (χ0v) is 7.12. The summed E-state index contributed by atoms with van der Waals surface area (Å²) in [5, 5.41) is 8.90. The van der Waals surface area contributed by atoms with Crippen molar-refractivity contribution in [1.29, 1.82) is 5.26 Å². The second kappa shape index (κ2) is 4.05. The summed E-state index contributed by atoms with van der Waals surface area (Å²) in [4.78, 5) is 3.99. The minimum atomic E-state index is -0.385. The van der Waals surface area contributed by atoms with E-state index >= 15 is 0 Å². The van der Waals surface area contributed by atoms with E-state index in [9.17, 15) is 0 Å². The Bertz CT molecular complexity index is 305. The molecule has 0 saturated carbocycles. The van der Waals surface area contributed by atoms with E-state index < -0.39 is 0 Å². The van der Waals surface area contributed by atoms with Crippen LogP contribution < -0.4 is 5.73 Å². The molecule has 1 aromatic rings. The molecule has 0 bridgehead atoms. The van der Waals surface area contributed by atoms with Gasteiger partial charge in [-0.05, 0) is 12.1 Å². The largest absolute Gasteiger partial charge is 0.322 e. The Morgan fingerprint density at radius 3 is 3.08 bits per heavy atom. The van der Waals surface area contributed by atoms with Crippen molar-refractivity contribution in [1.82, 2.24) is 4.98 Å². The Hall–Kier alpha value is -1.11. The van der Waals surface area contributed by atoms with Gasteiger partial charge in [0, 0.05) is 6.20 Å². The lowest BCUT2D eigenvalue weighted by Crippen LogP contribution is -2.11. The number of nitrogens with zero attached hydrogens (tertiary/aromatic N) is 2. The topological polar surface area (TPSA) is 62.7 Å². The van der Waals surface area contributed by atoms with Crippen molar-refractivity contribution in [2.24, 2.45) is 5.73 Å². The van der Waals surface area contributed by atoms with Crippen LogP contribution in [0.15, 0.2) is 18.3 Å². The zero-order chi connectivity index (χ0) is 8.97. The first-order valence-electron chi connectivity index (χ1n) is 3.48. The van der Waals surface area contributed by atoms with Crippen molar-refractivity contribution in [2.75, 3.05) is 0 Å². The fourth-order valence-electron chi connectivity index (χ4n) is 0.866. The highest BCUT2D eigenvalue weighted by Gasteiger charge is 2.09. The number of rotatable bonds is 2. The van der Waals surface area contributed by atoms with E-state index in [-0.39, 0.29) is 12.5 Å². The van der Waals surface area contributed by atoms with Crippen molar-refractivity contribution in [3.8, 4) is 6.07 Å².